The summed E-state index contributed by atoms with van der Waals surface area (Å²) in [6, 6.07) is 4.20. The molecule has 0 radical (unpaired) electrons. The molecular formula is C11H6BrFN2O3. The molecule has 0 aliphatic heterocycles. The van der Waals surface area contributed by atoms with Gasteiger partial charge in [-0.25, -0.2) is 19.2 Å². The number of aromatic carboxylic acids is 1. The lowest BCUT2D eigenvalue weighted by atomic mass is 10.2. The largest absolute Gasteiger partial charge is 0.478 e. The topological polar surface area (TPSA) is 72.3 Å². The Hall–Kier alpha value is -2.02. The number of ether oxygens (including phenoxy) is 1. The molecule has 5 nitrogen and oxygen atoms in total. The number of hydrogen-bond acceptors (Lipinski definition) is 4. The van der Waals surface area contributed by atoms with Crippen LogP contribution in [0.3, 0.4) is 0 Å². The summed E-state index contributed by atoms with van der Waals surface area (Å²) in [7, 11) is 0. The van der Waals surface area contributed by atoms with E-state index < -0.39 is 11.8 Å². The molecule has 1 N–H and O–H groups in total. The average molecular weight is 313 g/mol. The van der Waals surface area contributed by atoms with E-state index in [-0.39, 0.29) is 17.3 Å². The Bertz CT molecular complexity index is 589. The van der Waals surface area contributed by atoms with Gasteiger partial charge in [-0.3, -0.25) is 0 Å². The second-order valence-electron chi connectivity index (χ2n) is 3.24. The van der Waals surface area contributed by atoms with E-state index in [9.17, 15) is 9.18 Å². The van der Waals surface area contributed by atoms with E-state index in [0.717, 1.165) is 12.4 Å². The molecule has 2 aromatic rings. The van der Waals surface area contributed by atoms with Crippen molar-refractivity contribution in [3.8, 4) is 11.8 Å². The van der Waals surface area contributed by atoms with Gasteiger partial charge in [-0.1, -0.05) is 0 Å². The van der Waals surface area contributed by atoms with Crippen LogP contribution in [0.1, 0.15) is 10.4 Å². The number of hydrogen-bond donors (Lipinski definition) is 1. The Balaban J connectivity index is 2.30. The summed E-state index contributed by atoms with van der Waals surface area (Å²) in [5.41, 5.74) is 0.0651. The molecule has 2 rings (SSSR count). The molecule has 7 heteroatoms. The van der Waals surface area contributed by atoms with Gasteiger partial charge in [-0.15, -0.1) is 0 Å². The quantitative estimate of drug-likeness (QED) is 0.943. The highest BCUT2D eigenvalue weighted by Gasteiger charge is 2.10. The molecule has 0 spiro atoms. The monoisotopic (exact) mass is 312 g/mol. The maximum absolute atomic E-state index is 12.6. The van der Waals surface area contributed by atoms with E-state index in [0.29, 0.717) is 4.47 Å². The van der Waals surface area contributed by atoms with Crippen molar-refractivity contribution < 1.29 is 19.0 Å². The highest BCUT2D eigenvalue weighted by atomic mass is 79.9. The van der Waals surface area contributed by atoms with E-state index in [4.69, 9.17) is 9.84 Å². The molecule has 92 valence electrons. The first-order valence-corrected chi connectivity index (χ1v) is 5.54. The molecule has 1 heterocycles. The van der Waals surface area contributed by atoms with Crippen molar-refractivity contribution in [3.05, 3.63) is 46.4 Å². The van der Waals surface area contributed by atoms with Gasteiger partial charge in [-0.2, -0.15) is 0 Å². The summed E-state index contributed by atoms with van der Waals surface area (Å²) in [6.45, 7) is 0. The highest BCUT2D eigenvalue weighted by Crippen LogP contribution is 2.29. The predicted molar refractivity (Wildman–Crippen MR) is 63.2 cm³/mol. The maximum atomic E-state index is 12.6. The molecule has 1 aromatic carbocycles. The third kappa shape index (κ3) is 2.80. The summed E-state index contributed by atoms with van der Waals surface area (Å²) in [5.74, 6) is -1.42. The zero-order valence-corrected chi connectivity index (χ0v) is 10.4. The second-order valence-corrected chi connectivity index (χ2v) is 4.09. The van der Waals surface area contributed by atoms with Gasteiger partial charge in [0.1, 0.15) is 5.75 Å². The third-order valence-corrected chi connectivity index (χ3v) is 2.63. The van der Waals surface area contributed by atoms with E-state index >= 15 is 0 Å². The fourth-order valence-corrected chi connectivity index (χ4v) is 1.49. The molecule has 0 amide bonds. The van der Waals surface area contributed by atoms with Crippen molar-refractivity contribution in [1.29, 1.82) is 0 Å². The smallest absolute Gasteiger partial charge is 0.335 e. The Morgan fingerprint density at radius 1 is 1.33 bits per heavy atom. The normalized spacial score (nSPS) is 10.1. The van der Waals surface area contributed by atoms with E-state index in [2.05, 4.69) is 25.9 Å². The first-order valence-electron chi connectivity index (χ1n) is 4.74. The van der Waals surface area contributed by atoms with Crippen LogP contribution in [0.2, 0.25) is 0 Å². The number of aromatic nitrogens is 2. The molecule has 1 aromatic heterocycles. The number of carbonyl (C=O) groups is 1. The van der Waals surface area contributed by atoms with Crippen molar-refractivity contribution >= 4 is 21.9 Å². The van der Waals surface area contributed by atoms with Crippen LogP contribution in [-0.2, 0) is 0 Å². The van der Waals surface area contributed by atoms with E-state index in [1.165, 1.54) is 18.2 Å². The molecular weight excluding hydrogens is 307 g/mol. The van der Waals surface area contributed by atoms with Gasteiger partial charge < -0.3 is 9.84 Å². The number of nitrogens with zero attached hydrogens (tertiary/aromatic N) is 2. The lowest BCUT2D eigenvalue weighted by Gasteiger charge is -2.06. The van der Waals surface area contributed by atoms with E-state index in [1.54, 1.807) is 0 Å². The number of carboxylic acids is 1. The summed E-state index contributed by atoms with van der Waals surface area (Å²) < 4.78 is 18.4. The summed E-state index contributed by atoms with van der Waals surface area (Å²) in [5, 5.41) is 8.85. The lowest BCUT2D eigenvalue weighted by molar-refractivity contribution is 0.0696. The lowest BCUT2D eigenvalue weighted by Crippen LogP contribution is -1.98. The summed E-state index contributed by atoms with van der Waals surface area (Å²) in [6.07, 6.45) is 1.91. The van der Waals surface area contributed by atoms with Crippen LogP contribution in [0.15, 0.2) is 35.1 Å². The fourth-order valence-electron chi connectivity index (χ4n) is 1.17. The van der Waals surface area contributed by atoms with Crippen LogP contribution in [-0.4, -0.2) is 21.0 Å². The third-order valence-electron chi connectivity index (χ3n) is 1.98. The molecule has 0 saturated heterocycles. The van der Waals surface area contributed by atoms with Gasteiger partial charge in [-0.05, 0) is 34.1 Å². The molecule has 0 aliphatic carbocycles. The van der Waals surface area contributed by atoms with Gasteiger partial charge in [0.25, 0.3) is 0 Å². The number of halogens is 2. The van der Waals surface area contributed by atoms with Gasteiger partial charge >= 0.3 is 12.0 Å². The minimum Gasteiger partial charge on any atom is -0.478 e. The SMILES string of the molecule is O=C(O)c1ccc(Br)c(Oc2ncc(F)cn2)c1. The van der Waals surface area contributed by atoms with Gasteiger partial charge in [0.15, 0.2) is 5.82 Å². The zero-order valence-electron chi connectivity index (χ0n) is 8.80. The van der Waals surface area contributed by atoms with Crippen molar-refractivity contribution in [2.45, 2.75) is 0 Å². The van der Waals surface area contributed by atoms with Crippen LogP contribution in [0.5, 0.6) is 11.8 Å². The molecule has 0 aliphatic rings. The van der Waals surface area contributed by atoms with Gasteiger partial charge in [0.05, 0.1) is 22.4 Å². The molecule has 0 fully saturated rings. The fraction of sp³-hybridized carbons (Fsp3) is 0. The number of rotatable bonds is 3. The second kappa shape index (κ2) is 5.09. The molecule has 18 heavy (non-hydrogen) atoms. The average Bonchev–Trinajstić information content (AvgIpc) is 2.34. The number of benzene rings is 1. The van der Waals surface area contributed by atoms with Crippen molar-refractivity contribution in [2.75, 3.05) is 0 Å². The Morgan fingerprint density at radius 3 is 2.61 bits per heavy atom. The van der Waals surface area contributed by atoms with Crippen LogP contribution in [0, 0.1) is 5.82 Å². The predicted octanol–water partition coefficient (Wildman–Crippen LogP) is 2.87. The van der Waals surface area contributed by atoms with Crippen molar-refractivity contribution in [1.82, 2.24) is 9.97 Å². The summed E-state index contributed by atoms with van der Waals surface area (Å²) >= 11 is 3.20. The molecule has 0 bridgehead atoms. The van der Waals surface area contributed by atoms with Crippen LogP contribution in [0.4, 0.5) is 4.39 Å². The summed E-state index contributed by atoms with van der Waals surface area (Å²) in [4.78, 5) is 18.0. The number of carboxylic acid groups (broad SMARTS) is 1. The Morgan fingerprint density at radius 2 is 2.00 bits per heavy atom. The Kier molecular flexibility index (Phi) is 3.52. The minimum absolute atomic E-state index is 0.0651. The Labute approximate surface area is 109 Å². The first-order chi connectivity index (χ1) is 8.56. The molecule has 0 unspecified atom stereocenters. The zero-order chi connectivity index (χ0) is 13.1. The maximum Gasteiger partial charge on any atom is 0.335 e. The van der Waals surface area contributed by atoms with Gasteiger partial charge in [0.2, 0.25) is 0 Å². The van der Waals surface area contributed by atoms with Crippen LogP contribution < -0.4 is 4.74 Å². The van der Waals surface area contributed by atoms with Crippen molar-refractivity contribution in [2.24, 2.45) is 0 Å². The minimum atomic E-state index is -1.08. The van der Waals surface area contributed by atoms with Crippen molar-refractivity contribution in [3.63, 3.8) is 0 Å². The van der Waals surface area contributed by atoms with Crippen LogP contribution >= 0.6 is 15.9 Å². The van der Waals surface area contributed by atoms with Crippen LogP contribution in [0.25, 0.3) is 0 Å². The highest BCUT2D eigenvalue weighted by molar-refractivity contribution is 9.10. The first kappa shape index (κ1) is 12.4. The van der Waals surface area contributed by atoms with Gasteiger partial charge in [0, 0.05) is 0 Å². The molecule has 0 saturated carbocycles. The van der Waals surface area contributed by atoms with E-state index in [1.807, 2.05) is 0 Å². The molecule has 0 atom stereocenters. The standard InChI is InChI=1S/C11H6BrFN2O3/c12-8-2-1-6(10(16)17)3-9(8)18-11-14-4-7(13)5-15-11/h1-5H,(H,16,17).